The van der Waals surface area contributed by atoms with Gasteiger partial charge in [-0.1, -0.05) is 109 Å². The average Bonchev–Trinajstić information content (AvgIpc) is 3.00. The SMILES string of the molecule is CN(C)c1cc(N(C)C)c2cc3c4c(ccc5ccc1c2c54)B(c1ccccc1)c1ccccc1C3(C)C. The third-order valence-electron chi connectivity index (χ3n) is 8.90. The van der Waals surface area contributed by atoms with E-state index >= 15 is 0 Å². The van der Waals surface area contributed by atoms with E-state index in [4.69, 9.17) is 0 Å². The molecule has 0 N–H and O–H groups in total. The molecule has 186 valence electrons. The van der Waals surface area contributed by atoms with Crippen molar-refractivity contribution in [1.82, 2.24) is 0 Å². The van der Waals surface area contributed by atoms with Crippen molar-refractivity contribution < 1.29 is 0 Å². The molecule has 0 radical (unpaired) electrons. The summed E-state index contributed by atoms with van der Waals surface area (Å²) in [6.07, 6.45) is 0. The van der Waals surface area contributed by atoms with Gasteiger partial charge >= 0.3 is 0 Å². The number of rotatable bonds is 3. The summed E-state index contributed by atoms with van der Waals surface area (Å²) < 4.78 is 0. The van der Waals surface area contributed by atoms with Crippen LogP contribution >= 0.6 is 0 Å². The lowest BCUT2D eigenvalue weighted by Crippen LogP contribution is -2.53. The molecule has 6 aromatic rings. The summed E-state index contributed by atoms with van der Waals surface area (Å²) in [5, 5.41) is 8.19. The molecule has 0 saturated carbocycles. The summed E-state index contributed by atoms with van der Waals surface area (Å²) in [7, 11) is 8.64. The van der Waals surface area contributed by atoms with E-state index in [1.54, 1.807) is 0 Å². The molecule has 1 aliphatic rings. The van der Waals surface area contributed by atoms with E-state index < -0.39 is 0 Å². The molecule has 0 atom stereocenters. The van der Waals surface area contributed by atoms with E-state index in [0.29, 0.717) is 0 Å². The van der Waals surface area contributed by atoms with Crippen LogP contribution in [0.4, 0.5) is 11.4 Å². The van der Waals surface area contributed by atoms with Crippen LogP contribution in [0, 0.1) is 0 Å². The Bertz CT molecular complexity index is 1850. The van der Waals surface area contributed by atoms with E-state index in [9.17, 15) is 0 Å². The van der Waals surface area contributed by atoms with Crippen LogP contribution in [0.15, 0.2) is 91.0 Å². The molecule has 0 fully saturated rings. The quantitative estimate of drug-likeness (QED) is 0.225. The largest absolute Gasteiger partial charge is 0.377 e. The second-order valence-electron chi connectivity index (χ2n) is 11.8. The van der Waals surface area contributed by atoms with Gasteiger partial charge in [0.15, 0.2) is 0 Å². The number of hydrogen-bond acceptors (Lipinski definition) is 2. The highest BCUT2D eigenvalue weighted by atomic mass is 15.1. The summed E-state index contributed by atoms with van der Waals surface area (Å²) in [4.78, 5) is 4.53. The van der Waals surface area contributed by atoms with Crippen LogP contribution in [0.3, 0.4) is 0 Å². The summed E-state index contributed by atoms with van der Waals surface area (Å²) in [6.45, 7) is 5.02. The van der Waals surface area contributed by atoms with Gasteiger partial charge < -0.3 is 9.80 Å². The zero-order chi connectivity index (χ0) is 26.3. The second kappa shape index (κ2) is 8.01. The monoisotopic (exact) mass is 492 g/mol. The van der Waals surface area contributed by atoms with Crippen molar-refractivity contribution in [3.8, 4) is 0 Å². The van der Waals surface area contributed by atoms with Crippen LogP contribution in [-0.2, 0) is 5.41 Å². The van der Waals surface area contributed by atoms with Crippen molar-refractivity contribution in [2.75, 3.05) is 38.0 Å². The predicted octanol–water partition coefficient (Wildman–Crippen LogP) is 5.87. The Hall–Kier alpha value is -3.98. The maximum Gasteiger partial charge on any atom is 0.242 e. The second-order valence-corrected chi connectivity index (χ2v) is 11.8. The van der Waals surface area contributed by atoms with Crippen molar-refractivity contribution in [3.63, 3.8) is 0 Å². The minimum atomic E-state index is -0.160. The van der Waals surface area contributed by atoms with E-state index in [2.05, 4.69) is 143 Å². The highest BCUT2D eigenvalue weighted by Crippen LogP contribution is 2.47. The molecular formula is C35H33BN2. The highest BCUT2D eigenvalue weighted by molar-refractivity contribution is 6.97. The Morgan fingerprint density at radius 1 is 0.553 bits per heavy atom. The fourth-order valence-electron chi connectivity index (χ4n) is 7.10. The first kappa shape index (κ1) is 23.2. The molecule has 3 heteroatoms. The molecule has 38 heavy (non-hydrogen) atoms. The first-order valence-corrected chi connectivity index (χ1v) is 13.6. The van der Waals surface area contributed by atoms with Gasteiger partial charge in [-0.25, -0.2) is 0 Å². The smallest absolute Gasteiger partial charge is 0.242 e. The van der Waals surface area contributed by atoms with Gasteiger partial charge in [0.2, 0.25) is 6.71 Å². The third kappa shape index (κ3) is 3.02. The summed E-state index contributed by atoms with van der Waals surface area (Å²) in [5.74, 6) is 0. The number of hydrogen-bond donors (Lipinski definition) is 0. The van der Waals surface area contributed by atoms with Crippen molar-refractivity contribution in [1.29, 1.82) is 0 Å². The van der Waals surface area contributed by atoms with Gasteiger partial charge in [0.25, 0.3) is 0 Å². The van der Waals surface area contributed by atoms with E-state index in [1.165, 1.54) is 71.2 Å². The Kier molecular flexibility index (Phi) is 4.88. The molecule has 1 heterocycles. The first-order valence-electron chi connectivity index (χ1n) is 13.6. The van der Waals surface area contributed by atoms with Gasteiger partial charge in [0.1, 0.15) is 0 Å². The molecule has 0 bridgehead atoms. The van der Waals surface area contributed by atoms with Crippen LogP contribution < -0.4 is 26.2 Å². The van der Waals surface area contributed by atoms with Crippen molar-refractivity contribution in [2.24, 2.45) is 0 Å². The van der Waals surface area contributed by atoms with Crippen molar-refractivity contribution in [3.05, 3.63) is 102 Å². The third-order valence-corrected chi connectivity index (χ3v) is 8.90. The summed E-state index contributed by atoms with van der Waals surface area (Å²) in [5.41, 5.74) is 9.38. The fraction of sp³-hybridized carbons (Fsp3) is 0.200. The Morgan fingerprint density at radius 2 is 1.21 bits per heavy atom. The maximum atomic E-state index is 2.52. The predicted molar refractivity (Wildman–Crippen MR) is 168 cm³/mol. The Morgan fingerprint density at radius 3 is 1.95 bits per heavy atom. The van der Waals surface area contributed by atoms with Crippen molar-refractivity contribution >= 4 is 66.8 Å². The number of anilines is 2. The van der Waals surface area contributed by atoms with E-state index in [1.807, 2.05) is 0 Å². The van der Waals surface area contributed by atoms with Crippen LogP contribution in [0.2, 0.25) is 0 Å². The molecule has 0 amide bonds. The first-order chi connectivity index (χ1) is 18.3. The summed E-state index contributed by atoms with van der Waals surface area (Å²) in [6, 6.07) is 34.5. The van der Waals surface area contributed by atoms with E-state index in [0.717, 1.165) is 0 Å². The molecule has 0 spiro atoms. The molecule has 7 rings (SSSR count). The lowest BCUT2D eigenvalue weighted by molar-refractivity contribution is 0.653. The fourth-order valence-corrected chi connectivity index (χ4v) is 7.10. The minimum absolute atomic E-state index is 0.160. The van der Waals surface area contributed by atoms with Crippen LogP contribution in [-0.4, -0.2) is 34.9 Å². The standard InChI is InChI=1S/C35H33BN2/c1-35(2)26-14-10-11-15-28(26)36(23-12-8-7-9-13-23)29-19-17-22-16-18-24-30(37(3)4)21-31(38(5)6)25-20-27(35)34(29)32(22)33(24)25/h7-21H,1-6H3. The van der Waals surface area contributed by atoms with Crippen molar-refractivity contribution in [2.45, 2.75) is 19.3 Å². The number of benzene rings is 6. The zero-order valence-corrected chi connectivity index (χ0v) is 23.1. The van der Waals surface area contributed by atoms with Gasteiger partial charge in [-0.05, 0) is 39.4 Å². The number of nitrogens with zero attached hydrogens (tertiary/aromatic N) is 2. The molecule has 0 saturated heterocycles. The van der Waals surface area contributed by atoms with Crippen LogP contribution in [0.5, 0.6) is 0 Å². The van der Waals surface area contributed by atoms with E-state index in [-0.39, 0.29) is 12.1 Å². The molecule has 0 aliphatic carbocycles. The van der Waals surface area contributed by atoms with Gasteiger partial charge in [-0.15, -0.1) is 0 Å². The minimum Gasteiger partial charge on any atom is -0.377 e. The molecule has 0 unspecified atom stereocenters. The van der Waals surface area contributed by atoms with Gasteiger partial charge in [-0.2, -0.15) is 0 Å². The maximum absolute atomic E-state index is 2.52. The van der Waals surface area contributed by atoms with Gasteiger partial charge in [-0.3, -0.25) is 0 Å². The van der Waals surface area contributed by atoms with Crippen LogP contribution in [0.1, 0.15) is 25.0 Å². The Balaban J connectivity index is 1.76. The highest BCUT2D eigenvalue weighted by Gasteiger charge is 2.38. The molecule has 1 aliphatic heterocycles. The molecule has 0 aromatic heterocycles. The molecule has 2 nitrogen and oxygen atoms in total. The lowest BCUT2D eigenvalue weighted by Gasteiger charge is -2.31. The zero-order valence-electron chi connectivity index (χ0n) is 23.1. The normalized spacial score (nSPS) is 14.2. The van der Waals surface area contributed by atoms with Gasteiger partial charge in [0.05, 0.1) is 0 Å². The molecular weight excluding hydrogens is 459 g/mol. The van der Waals surface area contributed by atoms with Crippen LogP contribution in [0.25, 0.3) is 32.3 Å². The average molecular weight is 492 g/mol. The van der Waals surface area contributed by atoms with Gasteiger partial charge in [0, 0.05) is 61.1 Å². The summed E-state index contributed by atoms with van der Waals surface area (Å²) >= 11 is 0. The Labute approximate surface area is 225 Å². The number of fused-ring (bicyclic) bond motifs is 1. The molecule has 6 aromatic carbocycles. The topological polar surface area (TPSA) is 6.48 Å². The lowest BCUT2D eigenvalue weighted by atomic mass is 9.36.